The summed E-state index contributed by atoms with van der Waals surface area (Å²) >= 11 is 0. The third-order valence-electron chi connectivity index (χ3n) is 4.18. The number of nitrogens with zero attached hydrogens (tertiary/aromatic N) is 1. The van der Waals surface area contributed by atoms with E-state index in [1.807, 2.05) is 30.9 Å². The van der Waals surface area contributed by atoms with Crippen LogP contribution < -0.4 is 4.74 Å². The molecule has 1 aliphatic heterocycles. The topological polar surface area (TPSA) is 29.5 Å². The molecule has 0 radical (unpaired) electrons. The predicted octanol–water partition coefficient (Wildman–Crippen LogP) is 3.47. The summed E-state index contributed by atoms with van der Waals surface area (Å²) in [5.74, 6) is 0.918. The van der Waals surface area contributed by atoms with Crippen molar-refractivity contribution in [1.29, 1.82) is 0 Å². The molecule has 0 spiro atoms. The molecule has 1 fully saturated rings. The van der Waals surface area contributed by atoms with E-state index in [1.54, 1.807) is 0 Å². The number of carbonyl (C=O) groups excluding carboxylic acids is 1. The Morgan fingerprint density at radius 3 is 2.55 bits per heavy atom. The molecule has 0 N–H and O–H groups in total. The molecule has 2 rings (SSSR count). The highest BCUT2D eigenvalue weighted by Gasteiger charge is 2.28. The summed E-state index contributed by atoms with van der Waals surface area (Å²) in [5, 5.41) is 0. The summed E-state index contributed by atoms with van der Waals surface area (Å²) in [6.07, 6.45) is 3.41. The molecule has 0 saturated carbocycles. The molecule has 2 atom stereocenters. The van der Waals surface area contributed by atoms with Gasteiger partial charge in [0.1, 0.15) is 5.75 Å². The summed E-state index contributed by atoms with van der Waals surface area (Å²) in [4.78, 5) is 14.4. The second kappa shape index (κ2) is 6.29. The molecule has 0 aromatic heterocycles. The molecule has 1 saturated heterocycles. The number of likely N-dealkylation sites (tertiary alicyclic amines) is 1. The van der Waals surface area contributed by atoms with Gasteiger partial charge in [0.2, 0.25) is 0 Å². The molecule has 1 amide bonds. The average molecular weight is 275 g/mol. The smallest absolute Gasteiger partial charge is 0.260 e. The number of benzene rings is 1. The van der Waals surface area contributed by atoms with Crippen molar-refractivity contribution in [3.63, 3.8) is 0 Å². The van der Waals surface area contributed by atoms with Crippen molar-refractivity contribution in [1.82, 2.24) is 4.90 Å². The summed E-state index contributed by atoms with van der Waals surface area (Å²) in [5.41, 5.74) is 2.22. The minimum absolute atomic E-state index is 0.102. The Balaban J connectivity index is 1.99. The first-order chi connectivity index (χ1) is 9.49. The van der Waals surface area contributed by atoms with E-state index >= 15 is 0 Å². The van der Waals surface area contributed by atoms with Crippen LogP contribution >= 0.6 is 0 Å². The second-order valence-electron chi connectivity index (χ2n) is 5.99. The lowest BCUT2D eigenvalue weighted by Crippen LogP contribution is -2.49. The average Bonchev–Trinajstić information content (AvgIpc) is 2.39. The Hall–Kier alpha value is -1.51. The maximum Gasteiger partial charge on any atom is 0.260 e. The van der Waals surface area contributed by atoms with Gasteiger partial charge in [0, 0.05) is 12.1 Å². The minimum Gasteiger partial charge on any atom is -0.483 e. The van der Waals surface area contributed by atoms with Crippen molar-refractivity contribution in [2.24, 2.45) is 0 Å². The lowest BCUT2D eigenvalue weighted by molar-refractivity contribution is -0.139. The van der Waals surface area contributed by atoms with Crippen LogP contribution in [0.2, 0.25) is 0 Å². The quantitative estimate of drug-likeness (QED) is 0.845. The zero-order chi connectivity index (χ0) is 14.7. The summed E-state index contributed by atoms with van der Waals surface area (Å²) in [6, 6.07) is 6.73. The van der Waals surface area contributed by atoms with Gasteiger partial charge >= 0.3 is 0 Å². The van der Waals surface area contributed by atoms with E-state index in [4.69, 9.17) is 4.74 Å². The SMILES string of the molecule is Cc1ccc(C)c(OCC(=O)N2C(C)CCCC2C)c1. The van der Waals surface area contributed by atoms with E-state index in [-0.39, 0.29) is 12.5 Å². The van der Waals surface area contributed by atoms with Crippen LogP contribution in [-0.2, 0) is 4.79 Å². The number of hydrogen-bond donors (Lipinski definition) is 0. The van der Waals surface area contributed by atoms with Gasteiger partial charge in [-0.25, -0.2) is 0 Å². The van der Waals surface area contributed by atoms with Crippen LogP contribution in [0.15, 0.2) is 18.2 Å². The summed E-state index contributed by atoms with van der Waals surface area (Å²) in [6.45, 7) is 8.43. The third-order valence-corrected chi connectivity index (χ3v) is 4.18. The van der Waals surface area contributed by atoms with Gasteiger partial charge in [-0.2, -0.15) is 0 Å². The van der Waals surface area contributed by atoms with Gasteiger partial charge in [0.05, 0.1) is 0 Å². The fourth-order valence-corrected chi connectivity index (χ4v) is 2.99. The van der Waals surface area contributed by atoms with Crippen LogP contribution in [0.25, 0.3) is 0 Å². The van der Waals surface area contributed by atoms with Gasteiger partial charge in [0.15, 0.2) is 6.61 Å². The van der Waals surface area contributed by atoms with Crippen molar-refractivity contribution in [3.05, 3.63) is 29.3 Å². The number of piperidine rings is 1. The molecule has 3 heteroatoms. The van der Waals surface area contributed by atoms with Crippen molar-refractivity contribution in [3.8, 4) is 5.75 Å². The standard InChI is InChI=1S/C17H25NO2/c1-12-8-9-13(2)16(10-12)20-11-17(19)18-14(3)6-5-7-15(18)4/h8-10,14-15H,5-7,11H2,1-4H3. The number of aryl methyl sites for hydroxylation is 2. The van der Waals surface area contributed by atoms with Gasteiger partial charge in [-0.05, 0) is 64.2 Å². The second-order valence-corrected chi connectivity index (χ2v) is 5.99. The van der Waals surface area contributed by atoms with Crippen LogP contribution in [0.1, 0.15) is 44.2 Å². The molecule has 1 aromatic carbocycles. The predicted molar refractivity (Wildman–Crippen MR) is 81.0 cm³/mol. The first-order valence-corrected chi connectivity index (χ1v) is 7.50. The van der Waals surface area contributed by atoms with Gasteiger partial charge in [0.25, 0.3) is 5.91 Å². The fourth-order valence-electron chi connectivity index (χ4n) is 2.99. The van der Waals surface area contributed by atoms with Crippen molar-refractivity contribution in [2.45, 2.75) is 59.0 Å². The van der Waals surface area contributed by atoms with Gasteiger partial charge in [-0.1, -0.05) is 12.1 Å². The van der Waals surface area contributed by atoms with Crippen molar-refractivity contribution >= 4 is 5.91 Å². The Morgan fingerprint density at radius 1 is 1.25 bits per heavy atom. The molecule has 0 bridgehead atoms. The first-order valence-electron chi connectivity index (χ1n) is 7.50. The highest BCUT2D eigenvalue weighted by molar-refractivity contribution is 5.78. The Kier molecular flexibility index (Phi) is 4.69. The molecular weight excluding hydrogens is 250 g/mol. The van der Waals surface area contributed by atoms with E-state index in [1.165, 1.54) is 6.42 Å². The van der Waals surface area contributed by atoms with Crippen LogP contribution in [0.4, 0.5) is 0 Å². The molecule has 3 nitrogen and oxygen atoms in total. The molecule has 0 aliphatic carbocycles. The van der Waals surface area contributed by atoms with E-state index in [9.17, 15) is 4.79 Å². The normalized spacial score (nSPS) is 22.7. The summed E-state index contributed by atoms with van der Waals surface area (Å²) in [7, 11) is 0. The maximum absolute atomic E-state index is 12.4. The largest absolute Gasteiger partial charge is 0.483 e. The van der Waals surface area contributed by atoms with E-state index in [0.717, 1.165) is 29.7 Å². The van der Waals surface area contributed by atoms with Gasteiger partial charge in [-0.15, -0.1) is 0 Å². The molecule has 2 unspecified atom stereocenters. The van der Waals surface area contributed by atoms with Gasteiger partial charge in [-0.3, -0.25) is 4.79 Å². The monoisotopic (exact) mass is 275 g/mol. The molecule has 1 heterocycles. The number of carbonyl (C=O) groups is 1. The lowest BCUT2D eigenvalue weighted by atomic mass is 9.97. The third kappa shape index (κ3) is 3.33. The van der Waals surface area contributed by atoms with E-state index in [0.29, 0.717) is 12.1 Å². The molecule has 1 aliphatic rings. The first kappa shape index (κ1) is 14.9. The van der Waals surface area contributed by atoms with Gasteiger partial charge < -0.3 is 9.64 Å². The van der Waals surface area contributed by atoms with Crippen LogP contribution in [0.5, 0.6) is 5.75 Å². The highest BCUT2D eigenvalue weighted by atomic mass is 16.5. The number of amides is 1. The lowest BCUT2D eigenvalue weighted by Gasteiger charge is -2.39. The van der Waals surface area contributed by atoms with Crippen LogP contribution in [-0.4, -0.2) is 29.5 Å². The maximum atomic E-state index is 12.4. The Labute approximate surface area is 121 Å². The molecule has 20 heavy (non-hydrogen) atoms. The van der Waals surface area contributed by atoms with E-state index < -0.39 is 0 Å². The van der Waals surface area contributed by atoms with Crippen LogP contribution in [0.3, 0.4) is 0 Å². The number of ether oxygens (including phenoxy) is 1. The fraction of sp³-hybridized carbons (Fsp3) is 0.588. The molecular formula is C17H25NO2. The number of hydrogen-bond acceptors (Lipinski definition) is 2. The van der Waals surface area contributed by atoms with Crippen molar-refractivity contribution in [2.75, 3.05) is 6.61 Å². The molecule has 110 valence electrons. The van der Waals surface area contributed by atoms with Crippen LogP contribution in [0, 0.1) is 13.8 Å². The summed E-state index contributed by atoms with van der Waals surface area (Å²) < 4.78 is 5.74. The van der Waals surface area contributed by atoms with Crippen molar-refractivity contribution < 1.29 is 9.53 Å². The minimum atomic E-state index is 0.102. The highest BCUT2D eigenvalue weighted by Crippen LogP contribution is 2.23. The van der Waals surface area contributed by atoms with E-state index in [2.05, 4.69) is 19.9 Å². The Morgan fingerprint density at radius 2 is 1.90 bits per heavy atom. The zero-order valence-corrected chi connectivity index (χ0v) is 13.0. The Bertz CT molecular complexity index is 474. The zero-order valence-electron chi connectivity index (χ0n) is 13.0. The number of rotatable bonds is 3. The molecule has 1 aromatic rings.